The predicted octanol–water partition coefficient (Wildman–Crippen LogP) is 3.48. The van der Waals surface area contributed by atoms with E-state index in [2.05, 4.69) is 0 Å². The van der Waals surface area contributed by atoms with Crippen LogP contribution in [0.2, 0.25) is 5.02 Å². The Morgan fingerprint density at radius 2 is 2.20 bits per heavy atom. The number of carbonyl (C=O) groups excluding carboxylic acids is 1. The molecule has 5 nitrogen and oxygen atoms in total. The number of likely N-dealkylation sites (tertiary alicyclic amines) is 1. The average molecular weight is 317 g/mol. The molecule has 2 rings (SSSR count). The SMILES string of the molecule is O=C(c1cc(Cl)ccc1[N+](=O)[O-])N1CCCCC1CCl. The third-order valence-corrected chi connectivity index (χ3v) is 4.04. The molecule has 108 valence electrons. The van der Waals surface area contributed by atoms with Gasteiger partial charge >= 0.3 is 0 Å². The minimum absolute atomic E-state index is 0.0273. The van der Waals surface area contributed by atoms with Crippen LogP contribution in [0.1, 0.15) is 29.6 Å². The Labute approximate surface area is 126 Å². The summed E-state index contributed by atoms with van der Waals surface area (Å²) in [5, 5.41) is 11.3. The van der Waals surface area contributed by atoms with E-state index in [-0.39, 0.29) is 23.2 Å². The Balaban J connectivity index is 2.36. The normalized spacial score (nSPS) is 18.9. The molecular formula is C13H14Cl2N2O3. The fourth-order valence-electron chi connectivity index (χ4n) is 2.42. The van der Waals surface area contributed by atoms with E-state index in [4.69, 9.17) is 23.2 Å². The number of halogens is 2. The summed E-state index contributed by atoms with van der Waals surface area (Å²) in [7, 11) is 0. The molecule has 1 aliphatic rings. The van der Waals surface area contributed by atoms with Crippen molar-refractivity contribution < 1.29 is 9.72 Å². The zero-order chi connectivity index (χ0) is 14.7. The molecular weight excluding hydrogens is 303 g/mol. The van der Waals surface area contributed by atoms with Crippen LogP contribution in [0.3, 0.4) is 0 Å². The number of nitrogens with zero attached hydrogens (tertiary/aromatic N) is 2. The van der Waals surface area contributed by atoms with Crippen molar-refractivity contribution in [2.75, 3.05) is 12.4 Å². The molecule has 1 amide bonds. The first-order valence-electron chi connectivity index (χ1n) is 6.35. The molecule has 1 heterocycles. The molecule has 0 radical (unpaired) electrons. The van der Waals surface area contributed by atoms with Crippen LogP contribution in [0.15, 0.2) is 18.2 Å². The van der Waals surface area contributed by atoms with Gasteiger partial charge in [0.25, 0.3) is 11.6 Å². The van der Waals surface area contributed by atoms with Gasteiger partial charge in [0.2, 0.25) is 0 Å². The number of benzene rings is 1. The van der Waals surface area contributed by atoms with E-state index in [1.807, 2.05) is 0 Å². The van der Waals surface area contributed by atoms with Gasteiger partial charge in [-0.05, 0) is 31.4 Å². The summed E-state index contributed by atoms with van der Waals surface area (Å²) in [4.78, 5) is 24.6. The molecule has 7 heteroatoms. The van der Waals surface area contributed by atoms with Gasteiger partial charge in [-0.3, -0.25) is 14.9 Å². The second-order valence-corrected chi connectivity index (χ2v) is 5.47. The Kier molecular flexibility index (Phi) is 4.83. The van der Waals surface area contributed by atoms with Crippen LogP contribution in [0.5, 0.6) is 0 Å². The van der Waals surface area contributed by atoms with E-state index < -0.39 is 4.92 Å². The van der Waals surface area contributed by atoms with Crippen LogP contribution in [-0.2, 0) is 0 Å². The van der Waals surface area contributed by atoms with Crippen molar-refractivity contribution in [1.82, 2.24) is 4.90 Å². The van der Waals surface area contributed by atoms with E-state index in [9.17, 15) is 14.9 Å². The van der Waals surface area contributed by atoms with Gasteiger partial charge in [0.15, 0.2) is 0 Å². The van der Waals surface area contributed by atoms with Gasteiger partial charge in [-0.2, -0.15) is 0 Å². The van der Waals surface area contributed by atoms with Crippen molar-refractivity contribution in [2.24, 2.45) is 0 Å². The lowest BCUT2D eigenvalue weighted by atomic mass is 10.0. The fraction of sp³-hybridized carbons (Fsp3) is 0.462. The number of amides is 1. The maximum Gasteiger partial charge on any atom is 0.282 e. The minimum atomic E-state index is -0.566. The summed E-state index contributed by atoms with van der Waals surface area (Å²) in [6, 6.07) is 3.94. The van der Waals surface area contributed by atoms with Crippen LogP contribution >= 0.6 is 23.2 Å². The number of nitro benzene ring substituents is 1. The highest BCUT2D eigenvalue weighted by atomic mass is 35.5. The fourth-order valence-corrected chi connectivity index (χ4v) is 2.91. The van der Waals surface area contributed by atoms with Gasteiger partial charge in [0.05, 0.1) is 4.92 Å². The molecule has 1 fully saturated rings. The number of nitro groups is 1. The molecule has 0 N–H and O–H groups in total. The van der Waals surface area contributed by atoms with Crippen LogP contribution < -0.4 is 0 Å². The molecule has 1 atom stereocenters. The van der Waals surface area contributed by atoms with Crippen molar-refractivity contribution in [2.45, 2.75) is 25.3 Å². The van der Waals surface area contributed by atoms with Crippen molar-refractivity contribution in [3.63, 3.8) is 0 Å². The first-order chi connectivity index (χ1) is 9.54. The van der Waals surface area contributed by atoms with Gasteiger partial charge < -0.3 is 4.90 Å². The number of carbonyl (C=O) groups is 1. The van der Waals surface area contributed by atoms with E-state index in [1.165, 1.54) is 18.2 Å². The zero-order valence-corrected chi connectivity index (χ0v) is 12.2. The second-order valence-electron chi connectivity index (χ2n) is 4.72. The van der Waals surface area contributed by atoms with Crippen LogP contribution in [0.4, 0.5) is 5.69 Å². The quantitative estimate of drug-likeness (QED) is 0.487. The molecule has 0 spiro atoms. The number of hydrogen-bond donors (Lipinski definition) is 0. The topological polar surface area (TPSA) is 63.4 Å². The van der Waals surface area contributed by atoms with E-state index >= 15 is 0 Å². The second kappa shape index (κ2) is 6.41. The minimum Gasteiger partial charge on any atom is -0.334 e. The maximum absolute atomic E-state index is 12.6. The van der Waals surface area contributed by atoms with E-state index in [0.29, 0.717) is 17.4 Å². The predicted molar refractivity (Wildman–Crippen MR) is 77.5 cm³/mol. The van der Waals surface area contributed by atoms with Gasteiger partial charge in [0.1, 0.15) is 5.56 Å². The molecule has 1 aromatic rings. The first kappa shape index (κ1) is 15.1. The van der Waals surface area contributed by atoms with E-state index in [1.54, 1.807) is 4.90 Å². The third-order valence-electron chi connectivity index (χ3n) is 3.45. The van der Waals surface area contributed by atoms with Crippen LogP contribution in [0, 0.1) is 10.1 Å². The molecule has 20 heavy (non-hydrogen) atoms. The molecule has 0 aliphatic carbocycles. The summed E-state index contributed by atoms with van der Waals surface area (Å²) >= 11 is 11.7. The van der Waals surface area contributed by atoms with Crippen molar-refractivity contribution in [3.05, 3.63) is 38.9 Å². The highest BCUT2D eigenvalue weighted by Crippen LogP contribution is 2.27. The van der Waals surface area contributed by atoms with Crippen molar-refractivity contribution in [1.29, 1.82) is 0 Å². The van der Waals surface area contributed by atoms with Gasteiger partial charge in [0, 0.05) is 29.6 Å². The standard InChI is InChI=1S/C13H14Cl2N2O3/c14-8-10-3-1-2-6-16(10)13(18)11-7-9(15)4-5-12(11)17(19)20/h4-5,7,10H,1-3,6,8H2. The lowest BCUT2D eigenvalue weighted by Crippen LogP contribution is -2.44. The number of alkyl halides is 1. The van der Waals surface area contributed by atoms with Gasteiger partial charge in [-0.1, -0.05) is 11.6 Å². The highest BCUT2D eigenvalue weighted by molar-refractivity contribution is 6.31. The van der Waals surface area contributed by atoms with Gasteiger partial charge in [-0.25, -0.2) is 0 Å². The molecule has 0 saturated carbocycles. The van der Waals surface area contributed by atoms with Crippen molar-refractivity contribution >= 4 is 34.8 Å². The Bertz CT molecular complexity index is 536. The molecule has 1 aliphatic heterocycles. The average Bonchev–Trinajstić information content (AvgIpc) is 2.46. The summed E-state index contributed by atoms with van der Waals surface area (Å²) in [6.45, 7) is 0.569. The monoisotopic (exact) mass is 316 g/mol. The summed E-state index contributed by atoms with van der Waals surface area (Å²) in [5.74, 6) is -0.0374. The Hall–Kier alpha value is -1.33. The van der Waals surface area contributed by atoms with Crippen molar-refractivity contribution in [3.8, 4) is 0 Å². The molecule has 0 aromatic heterocycles. The van der Waals surface area contributed by atoms with Crippen LogP contribution in [0.25, 0.3) is 0 Å². The molecule has 1 saturated heterocycles. The smallest absolute Gasteiger partial charge is 0.282 e. The number of rotatable bonds is 3. The lowest BCUT2D eigenvalue weighted by Gasteiger charge is -2.34. The molecule has 0 bridgehead atoms. The largest absolute Gasteiger partial charge is 0.334 e. The first-order valence-corrected chi connectivity index (χ1v) is 7.26. The Morgan fingerprint density at radius 3 is 2.85 bits per heavy atom. The highest BCUT2D eigenvalue weighted by Gasteiger charge is 2.31. The third kappa shape index (κ3) is 3.04. The molecule has 1 unspecified atom stereocenters. The van der Waals surface area contributed by atoms with Crippen LogP contribution in [-0.4, -0.2) is 34.2 Å². The van der Waals surface area contributed by atoms with E-state index in [0.717, 1.165) is 19.3 Å². The summed E-state index contributed by atoms with van der Waals surface area (Å²) < 4.78 is 0. The maximum atomic E-state index is 12.6. The number of piperidine rings is 1. The summed E-state index contributed by atoms with van der Waals surface area (Å²) in [5.41, 5.74) is -0.196. The summed E-state index contributed by atoms with van der Waals surface area (Å²) in [6.07, 6.45) is 2.72. The van der Waals surface area contributed by atoms with Gasteiger partial charge in [-0.15, -0.1) is 11.6 Å². The zero-order valence-electron chi connectivity index (χ0n) is 10.7. The lowest BCUT2D eigenvalue weighted by molar-refractivity contribution is -0.385. The Morgan fingerprint density at radius 1 is 1.45 bits per heavy atom. The molecule has 1 aromatic carbocycles. The number of hydrogen-bond acceptors (Lipinski definition) is 3.